The summed E-state index contributed by atoms with van der Waals surface area (Å²) in [4.78, 5) is 13.2. The van der Waals surface area contributed by atoms with E-state index in [1.165, 1.54) is 12.8 Å². The summed E-state index contributed by atoms with van der Waals surface area (Å²) < 4.78 is 13.1. The van der Waals surface area contributed by atoms with E-state index < -0.39 is 0 Å². The van der Waals surface area contributed by atoms with E-state index in [1.54, 1.807) is 7.11 Å². The maximum absolute atomic E-state index is 6.06. The second-order valence-electron chi connectivity index (χ2n) is 6.52. The van der Waals surface area contributed by atoms with Crippen molar-refractivity contribution in [2.24, 2.45) is 5.92 Å². The Hall–Kier alpha value is -2.09. The summed E-state index contributed by atoms with van der Waals surface area (Å²) in [5, 5.41) is 3.46. The highest BCUT2D eigenvalue weighted by molar-refractivity contribution is 5.83. The third-order valence-electron chi connectivity index (χ3n) is 4.64. The highest BCUT2D eigenvalue weighted by Crippen LogP contribution is 2.27. The third-order valence-corrected chi connectivity index (χ3v) is 4.64. The number of unbranched alkanes of at least 4 members (excludes halogenated alkanes) is 1. The summed E-state index contributed by atoms with van der Waals surface area (Å²) in [5.74, 6) is 0.989. The van der Waals surface area contributed by atoms with E-state index in [0.717, 1.165) is 38.9 Å². The second kappa shape index (κ2) is 8.33. The van der Waals surface area contributed by atoms with Crippen molar-refractivity contribution in [3.63, 3.8) is 0 Å². The van der Waals surface area contributed by atoms with Gasteiger partial charge in [-0.25, -0.2) is 0 Å². The number of methoxy groups -OCH3 is 1. The molecule has 0 saturated carbocycles. The minimum Gasteiger partial charge on any atom is -0.468 e. The molecule has 0 spiro atoms. The predicted molar refractivity (Wildman–Crippen MR) is 96.9 cm³/mol. The van der Waals surface area contributed by atoms with Crippen LogP contribution in [0.25, 0.3) is 11.2 Å². The lowest BCUT2D eigenvalue weighted by molar-refractivity contribution is 0.286. The Balaban J connectivity index is 1.83. The van der Waals surface area contributed by atoms with Crippen molar-refractivity contribution in [2.75, 3.05) is 32.5 Å². The number of hydrogen-bond donors (Lipinski definition) is 2. The summed E-state index contributed by atoms with van der Waals surface area (Å²) in [7, 11) is 1.61. The minimum absolute atomic E-state index is 0.307. The van der Waals surface area contributed by atoms with Crippen molar-refractivity contribution < 1.29 is 9.47 Å². The molecule has 0 unspecified atom stereocenters. The molecule has 2 aromatic heterocycles. The van der Waals surface area contributed by atoms with Crippen molar-refractivity contribution in [1.29, 1.82) is 0 Å². The number of imidazole rings is 1. The smallest absolute Gasteiger partial charge is 0.320 e. The van der Waals surface area contributed by atoms with Gasteiger partial charge in [0.25, 0.3) is 6.01 Å². The molecule has 0 radical (unpaired) electrons. The number of ether oxygens (including phenoxy) is 2. The molecule has 1 aliphatic heterocycles. The number of piperidine rings is 1. The molecule has 3 rings (SSSR count). The molecular weight excluding hydrogens is 320 g/mol. The summed E-state index contributed by atoms with van der Waals surface area (Å²) in [5.41, 5.74) is 7.32. The first kappa shape index (κ1) is 17.7. The molecule has 8 nitrogen and oxygen atoms in total. The van der Waals surface area contributed by atoms with E-state index >= 15 is 0 Å². The maximum Gasteiger partial charge on any atom is 0.320 e. The number of aromatic nitrogens is 4. The molecule has 25 heavy (non-hydrogen) atoms. The van der Waals surface area contributed by atoms with Crippen molar-refractivity contribution in [3.8, 4) is 12.0 Å². The highest BCUT2D eigenvalue weighted by atomic mass is 16.5. The average Bonchev–Trinajstić information content (AvgIpc) is 2.99. The van der Waals surface area contributed by atoms with E-state index in [-0.39, 0.29) is 0 Å². The molecule has 0 aromatic carbocycles. The molecule has 0 aliphatic carbocycles. The molecule has 3 heterocycles. The van der Waals surface area contributed by atoms with Gasteiger partial charge < -0.3 is 20.5 Å². The van der Waals surface area contributed by atoms with Crippen LogP contribution in [0.3, 0.4) is 0 Å². The quantitative estimate of drug-likeness (QED) is 0.704. The summed E-state index contributed by atoms with van der Waals surface area (Å²) >= 11 is 0. The van der Waals surface area contributed by atoms with Crippen molar-refractivity contribution in [2.45, 2.75) is 45.6 Å². The van der Waals surface area contributed by atoms with Gasteiger partial charge in [0.1, 0.15) is 0 Å². The predicted octanol–water partition coefficient (Wildman–Crippen LogP) is 1.99. The van der Waals surface area contributed by atoms with Gasteiger partial charge in [-0.1, -0.05) is 13.3 Å². The lowest BCUT2D eigenvalue weighted by Gasteiger charge is -2.22. The fourth-order valence-corrected chi connectivity index (χ4v) is 3.19. The molecule has 2 aromatic rings. The van der Waals surface area contributed by atoms with Gasteiger partial charge in [0.15, 0.2) is 17.0 Å². The maximum atomic E-state index is 6.06. The number of hydrogen-bond acceptors (Lipinski definition) is 7. The fraction of sp³-hybridized carbons (Fsp3) is 0.706. The Kier molecular flexibility index (Phi) is 5.91. The number of nitrogens with zero attached hydrogens (tertiary/aromatic N) is 4. The zero-order chi connectivity index (χ0) is 17.6. The van der Waals surface area contributed by atoms with E-state index in [9.17, 15) is 0 Å². The van der Waals surface area contributed by atoms with Gasteiger partial charge in [-0.2, -0.15) is 15.0 Å². The summed E-state index contributed by atoms with van der Waals surface area (Å²) in [6.07, 6.45) is 5.55. The van der Waals surface area contributed by atoms with Crippen LogP contribution in [0.15, 0.2) is 0 Å². The van der Waals surface area contributed by atoms with Crippen LogP contribution < -0.4 is 20.5 Å². The first-order chi connectivity index (χ1) is 12.2. The standard InChI is InChI=1S/C17H28N6O2/c1-3-4-10-25-16-21-14(18)13-15(22-16)23(17(20-13)24-2)9-7-12-6-5-8-19-11-12/h12,19H,3-11H2,1-2H3,(H2,18,21,22)/t12-/m0/s1. The topological polar surface area (TPSA) is 100 Å². The van der Waals surface area contributed by atoms with E-state index in [1.807, 2.05) is 4.57 Å². The molecule has 138 valence electrons. The first-order valence-electron chi connectivity index (χ1n) is 9.14. The molecule has 3 N–H and O–H groups in total. The minimum atomic E-state index is 0.307. The van der Waals surface area contributed by atoms with Crippen molar-refractivity contribution >= 4 is 17.0 Å². The van der Waals surface area contributed by atoms with E-state index in [0.29, 0.717) is 41.5 Å². The fourth-order valence-electron chi connectivity index (χ4n) is 3.19. The Morgan fingerprint density at radius 2 is 2.20 bits per heavy atom. The number of fused-ring (bicyclic) bond motifs is 1. The number of nitrogens with two attached hydrogens (primary N) is 1. The summed E-state index contributed by atoms with van der Waals surface area (Å²) in [6.45, 7) is 5.67. The third kappa shape index (κ3) is 4.12. The van der Waals surface area contributed by atoms with Crippen LogP contribution in [0, 0.1) is 5.92 Å². The molecule has 1 aliphatic rings. The molecule has 0 amide bonds. The number of rotatable bonds is 8. The van der Waals surface area contributed by atoms with Gasteiger partial charge in [-0.3, -0.25) is 4.57 Å². The van der Waals surface area contributed by atoms with Gasteiger partial charge in [-0.05, 0) is 44.7 Å². The van der Waals surface area contributed by atoms with Crippen LogP contribution in [0.5, 0.6) is 12.0 Å². The van der Waals surface area contributed by atoms with Crippen molar-refractivity contribution in [1.82, 2.24) is 24.8 Å². The number of nitrogens with one attached hydrogen (secondary N) is 1. The Bertz CT molecular complexity index is 696. The second-order valence-corrected chi connectivity index (χ2v) is 6.52. The van der Waals surface area contributed by atoms with Crippen molar-refractivity contribution in [3.05, 3.63) is 0 Å². The number of nitrogen functional groups attached to an aromatic ring is 1. The van der Waals surface area contributed by atoms with Crippen LogP contribution in [-0.4, -0.2) is 46.3 Å². The SMILES string of the molecule is CCCCOc1nc(N)c2nc(OC)n(CC[C@@H]3CCCNC3)c2n1. The number of anilines is 1. The normalized spacial score (nSPS) is 17.8. The molecule has 1 fully saturated rings. The Morgan fingerprint density at radius 3 is 2.92 bits per heavy atom. The molecular formula is C17H28N6O2. The molecule has 1 atom stereocenters. The van der Waals surface area contributed by atoms with Gasteiger partial charge >= 0.3 is 6.01 Å². The van der Waals surface area contributed by atoms with Gasteiger partial charge in [-0.15, -0.1) is 0 Å². The van der Waals surface area contributed by atoms with E-state index in [4.69, 9.17) is 15.2 Å². The van der Waals surface area contributed by atoms with Crippen LogP contribution in [0.4, 0.5) is 5.82 Å². The molecule has 1 saturated heterocycles. The number of aryl methyl sites for hydroxylation is 1. The van der Waals surface area contributed by atoms with Gasteiger partial charge in [0, 0.05) is 6.54 Å². The summed E-state index contributed by atoms with van der Waals surface area (Å²) in [6, 6.07) is 0.826. The Morgan fingerprint density at radius 1 is 1.32 bits per heavy atom. The monoisotopic (exact) mass is 348 g/mol. The van der Waals surface area contributed by atoms with Crippen LogP contribution in [-0.2, 0) is 6.54 Å². The molecule has 8 heteroatoms. The zero-order valence-electron chi connectivity index (χ0n) is 15.1. The van der Waals surface area contributed by atoms with Crippen LogP contribution >= 0.6 is 0 Å². The Labute approximate surface area is 148 Å². The highest BCUT2D eigenvalue weighted by Gasteiger charge is 2.20. The van der Waals surface area contributed by atoms with Crippen LogP contribution in [0.2, 0.25) is 0 Å². The molecule has 0 bridgehead atoms. The van der Waals surface area contributed by atoms with E-state index in [2.05, 4.69) is 27.2 Å². The lowest BCUT2D eigenvalue weighted by Crippen LogP contribution is -2.30. The van der Waals surface area contributed by atoms with Crippen LogP contribution in [0.1, 0.15) is 39.0 Å². The van der Waals surface area contributed by atoms with Gasteiger partial charge in [0.05, 0.1) is 13.7 Å². The zero-order valence-corrected chi connectivity index (χ0v) is 15.1. The van der Waals surface area contributed by atoms with Gasteiger partial charge in [0.2, 0.25) is 0 Å². The largest absolute Gasteiger partial charge is 0.468 e. The lowest BCUT2D eigenvalue weighted by atomic mass is 9.96. The first-order valence-corrected chi connectivity index (χ1v) is 9.14. The average molecular weight is 348 g/mol.